The van der Waals surface area contributed by atoms with Gasteiger partial charge in [-0.15, -0.1) is 0 Å². The molecule has 3 aliphatic rings. The molecular weight excluding hydrogens is 195 g/mol. The van der Waals surface area contributed by atoms with Gasteiger partial charge in [-0.2, -0.15) is 13.2 Å². The van der Waals surface area contributed by atoms with Gasteiger partial charge < -0.3 is 4.84 Å². The summed E-state index contributed by atoms with van der Waals surface area (Å²) in [5.74, 6) is -0.438. The lowest BCUT2D eigenvalue weighted by Gasteiger charge is -2.19. The van der Waals surface area contributed by atoms with Crippen LogP contribution in [-0.4, -0.2) is 18.0 Å². The van der Waals surface area contributed by atoms with Crippen LogP contribution in [0.2, 0.25) is 0 Å². The molecule has 0 aromatic rings. The number of oxime groups is 1. The number of allylic oxidation sites excluding steroid dienone is 1. The number of halogens is 3. The smallest absolute Gasteiger partial charge is 0.391 e. The van der Waals surface area contributed by atoms with Crippen LogP contribution in [0, 0.1) is 17.8 Å². The molecule has 14 heavy (non-hydrogen) atoms. The molecule has 1 heterocycles. The second-order valence-electron chi connectivity index (χ2n) is 4.02. The second kappa shape index (κ2) is 2.32. The highest BCUT2D eigenvalue weighted by atomic mass is 19.4. The van der Waals surface area contributed by atoms with E-state index in [9.17, 15) is 13.2 Å². The molecule has 0 amide bonds. The third-order valence-electron chi connectivity index (χ3n) is 3.27. The lowest BCUT2D eigenvalue weighted by molar-refractivity contribution is -0.0628. The monoisotopic (exact) mass is 203 g/mol. The Labute approximate surface area is 78.4 Å². The highest BCUT2D eigenvalue weighted by Gasteiger charge is 2.58. The molecule has 1 aliphatic heterocycles. The molecule has 3 rings (SSSR count). The minimum atomic E-state index is -4.34. The Morgan fingerprint density at radius 2 is 2.00 bits per heavy atom. The summed E-state index contributed by atoms with van der Waals surface area (Å²) in [5, 5.41) is 3.18. The van der Waals surface area contributed by atoms with Crippen LogP contribution in [0.25, 0.3) is 0 Å². The lowest BCUT2D eigenvalue weighted by Crippen LogP contribution is -2.35. The maximum absolute atomic E-state index is 12.5. The minimum absolute atomic E-state index is 0.0205. The van der Waals surface area contributed by atoms with Gasteiger partial charge in [0, 0.05) is 5.92 Å². The minimum Gasteiger partial charge on any atom is -0.391 e. The molecule has 1 fully saturated rings. The van der Waals surface area contributed by atoms with Crippen molar-refractivity contribution in [3.8, 4) is 0 Å². The van der Waals surface area contributed by atoms with E-state index in [4.69, 9.17) is 4.84 Å². The Morgan fingerprint density at radius 1 is 1.29 bits per heavy atom. The molecule has 76 valence electrons. The van der Waals surface area contributed by atoms with E-state index in [0.717, 1.165) is 6.42 Å². The van der Waals surface area contributed by atoms with Gasteiger partial charge in [-0.1, -0.05) is 17.3 Å². The molecular formula is C9H8F3NO. The van der Waals surface area contributed by atoms with Gasteiger partial charge in [0.2, 0.25) is 0 Å². The van der Waals surface area contributed by atoms with E-state index in [1.54, 1.807) is 0 Å². The SMILES string of the molecule is FC(F)(F)C1=NO[C@H]2[C@H]1[C@@H]1C=C[C@@H]2C1. The summed E-state index contributed by atoms with van der Waals surface area (Å²) in [4.78, 5) is 4.87. The summed E-state index contributed by atoms with van der Waals surface area (Å²) >= 11 is 0. The first kappa shape index (κ1) is 8.32. The highest BCUT2D eigenvalue weighted by Crippen LogP contribution is 2.50. The van der Waals surface area contributed by atoms with E-state index < -0.39 is 17.8 Å². The molecule has 0 aromatic carbocycles. The zero-order chi connectivity index (χ0) is 9.92. The highest BCUT2D eigenvalue weighted by molar-refractivity contribution is 5.93. The molecule has 1 saturated carbocycles. The van der Waals surface area contributed by atoms with E-state index in [1.807, 2.05) is 12.2 Å². The van der Waals surface area contributed by atoms with Crippen molar-refractivity contribution in [3.05, 3.63) is 12.2 Å². The predicted molar refractivity (Wildman–Crippen MR) is 42.6 cm³/mol. The van der Waals surface area contributed by atoms with Crippen LogP contribution in [0.15, 0.2) is 17.3 Å². The zero-order valence-corrected chi connectivity index (χ0v) is 7.16. The fraction of sp³-hybridized carbons (Fsp3) is 0.667. The van der Waals surface area contributed by atoms with E-state index in [0.29, 0.717) is 0 Å². The van der Waals surface area contributed by atoms with Gasteiger partial charge in [-0.05, 0) is 12.3 Å². The third-order valence-corrected chi connectivity index (χ3v) is 3.27. The van der Waals surface area contributed by atoms with Crippen LogP contribution in [-0.2, 0) is 4.84 Å². The molecule has 0 radical (unpaired) electrons. The summed E-state index contributed by atoms with van der Waals surface area (Å²) in [6, 6.07) is 0. The Balaban J connectivity index is 1.95. The topological polar surface area (TPSA) is 21.6 Å². The first-order chi connectivity index (χ1) is 6.57. The van der Waals surface area contributed by atoms with Gasteiger partial charge in [-0.3, -0.25) is 0 Å². The van der Waals surface area contributed by atoms with E-state index in [2.05, 4.69) is 5.16 Å². The number of alkyl halides is 3. The Kier molecular flexibility index (Phi) is 1.38. The van der Waals surface area contributed by atoms with Crippen LogP contribution >= 0.6 is 0 Å². The lowest BCUT2D eigenvalue weighted by atomic mass is 9.87. The van der Waals surface area contributed by atoms with Crippen molar-refractivity contribution in [2.24, 2.45) is 22.9 Å². The molecule has 0 spiro atoms. The standard InChI is InChI=1S/C9H8F3NO/c10-9(11,12)8-6-4-1-2-5(3-4)7(6)14-13-8/h1-2,4-7H,3H2/t4-,5-,6-,7-/m1/s1. The quantitative estimate of drug-likeness (QED) is 0.552. The molecule has 4 atom stereocenters. The van der Waals surface area contributed by atoms with E-state index in [-0.39, 0.29) is 17.9 Å². The number of fused-ring (bicyclic) bond motifs is 5. The number of rotatable bonds is 0. The Morgan fingerprint density at radius 3 is 2.71 bits per heavy atom. The average molecular weight is 203 g/mol. The van der Waals surface area contributed by atoms with Gasteiger partial charge in [0.25, 0.3) is 0 Å². The summed E-state index contributed by atoms with van der Waals surface area (Å²) < 4.78 is 37.5. The fourth-order valence-electron chi connectivity index (χ4n) is 2.70. The van der Waals surface area contributed by atoms with Crippen LogP contribution < -0.4 is 0 Å². The van der Waals surface area contributed by atoms with Gasteiger partial charge in [0.05, 0.1) is 5.92 Å². The Bertz CT molecular complexity index is 333. The average Bonchev–Trinajstić information content (AvgIpc) is 2.74. The van der Waals surface area contributed by atoms with Crippen LogP contribution in [0.1, 0.15) is 6.42 Å². The number of hydrogen-bond donors (Lipinski definition) is 0. The van der Waals surface area contributed by atoms with E-state index in [1.165, 1.54) is 0 Å². The Hall–Kier alpha value is -1.00. The largest absolute Gasteiger partial charge is 0.433 e. The summed E-state index contributed by atoms with van der Waals surface area (Å²) in [5.41, 5.74) is -0.723. The van der Waals surface area contributed by atoms with Crippen molar-refractivity contribution in [2.45, 2.75) is 18.7 Å². The number of hydrogen-bond acceptors (Lipinski definition) is 2. The molecule has 2 nitrogen and oxygen atoms in total. The van der Waals surface area contributed by atoms with Crippen LogP contribution in [0.5, 0.6) is 0 Å². The van der Waals surface area contributed by atoms with E-state index >= 15 is 0 Å². The van der Waals surface area contributed by atoms with Crippen molar-refractivity contribution < 1.29 is 18.0 Å². The van der Waals surface area contributed by atoms with Crippen molar-refractivity contribution in [2.75, 3.05) is 0 Å². The van der Waals surface area contributed by atoms with Crippen molar-refractivity contribution in [3.63, 3.8) is 0 Å². The van der Waals surface area contributed by atoms with Crippen molar-refractivity contribution in [1.82, 2.24) is 0 Å². The molecule has 5 heteroatoms. The molecule has 0 saturated heterocycles. The summed E-state index contributed by atoms with van der Waals surface area (Å²) in [6.07, 6.45) is -0.105. The second-order valence-corrected chi connectivity index (χ2v) is 4.02. The number of nitrogens with zero attached hydrogens (tertiary/aromatic N) is 1. The van der Waals surface area contributed by atoms with Crippen LogP contribution in [0.3, 0.4) is 0 Å². The maximum atomic E-state index is 12.5. The van der Waals surface area contributed by atoms with Crippen LogP contribution in [0.4, 0.5) is 13.2 Å². The van der Waals surface area contributed by atoms with Gasteiger partial charge >= 0.3 is 6.18 Å². The van der Waals surface area contributed by atoms with Crippen molar-refractivity contribution >= 4 is 5.71 Å². The van der Waals surface area contributed by atoms with Gasteiger partial charge in [0.15, 0.2) is 5.71 Å². The fourth-order valence-corrected chi connectivity index (χ4v) is 2.70. The first-order valence-corrected chi connectivity index (χ1v) is 4.56. The summed E-state index contributed by atoms with van der Waals surface area (Å²) in [7, 11) is 0. The third kappa shape index (κ3) is 0.898. The molecule has 2 aliphatic carbocycles. The maximum Gasteiger partial charge on any atom is 0.433 e. The summed E-state index contributed by atoms with van der Waals surface area (Å²) in [6.45, 7) is 0. The zero-order valence-electron chi connectivity index (χ0n) is 7.16. The molecule has 0 unspecified atom stereocenters. The molecule has 0 aromatic heterocycles. The molecule has 2 bridgehead atoms. The predicted octanol–water partition coefficient (Wildman–Crippen LogP) is 2.13. The van der Waals surface area contributed by atoms with Gasteiger partial charge in [0.1, 0.15) is 6.10 Å². The van der Waals surface area contributed by atoms with Gasteiger partial charge in [-0.25, -0.2) is 0 Å². The van der Waals surface area contributed by atoms with Crippen molar-refractivity contribution in [1.29, 1.82) is 0 Å². The first-order valence-electron chi connectivity index (χ1n) is 4.56. The normalized spacial score (nSPS) is 43.8. The molecule has 0 N–H and O–H groups in total.